The fourth-order valence-electron chi connectivity index (χ4n) is 2.61. The van der Waals surface area contributed by atoms with Crippen molar-refractivity contribution in [2.75, 3.05) is 24.2 Å². The SMILES string of the molecule is CN(CC1Cc2ccccc2O1)c1cc(Cl)ccc1N. The van der Waals surface area contributed by atoms with Crippen LogP contribution in [-0.2, 0) is 6.42 Å². The molecule has 1 aliphatic heterocycles. The topological polar surface area (TPSA) is 38.5 Å². The van der Waals surface area contributed by atoms with E-state index in [2.05, 4.69) is 11.0 Å². The highest BCUT2D eigenvalue weighted by atomic mass is 35.5. The highest BCUT2D eigenvalue weighted by Crippen LogP contribution is 2.31. The molecule has 1 unspecified atom stereocenters. The van der Waals surface area contributed by atoms with Gasteiger partial charge in [0.2, 0.25) is 0 Å². The molecule has 0 aliphatic carbocycles. The van der Waals surface area contributed by atoms with Gasteiger partial charge in [0, 0.05) is 18.5 Å². The van der Waals surface area contributed by atoms with Gasteiger partial charge in [-0.05, 0) is 29.8 Å². The summed E-state index contributed by atoms with van der Waals surface area (Å²) in [5.41, 5.74) is 8.95. The van der Waals surface area contributed by atoms with E-state index in [0.717, 1.165) is 30.1 Å². The molecule has 1 atom stereocenters. The lowest BCUT2D eigenvalue weighted by atomic mass is 10.1. The van der Waals surface area contributed by atoms with Crippen molar-refractivity contribution < 1.29 is 4.74 Å². The summed E-state index contributed by atoms with van der Waals surface area (Å²) in [5.74, 6) is 0.991. The minimum Gasteiger partial charge on any atom is -0.488 e. The summed E-state index contributed by atoms with van der Waals surface area (Å²) in [7, 11) is 2.01. The minimum atomic E-state index is 0.149. The van der Waals surface area contributed by atoms with Crippen molar-refractivity contribution in [2.24, 2.45) is 0 Å². The molecule has 4 heteroatoms. The molecule has 2 N–H and O–H groups in total. The minimum absolute atomic E-state index is 0.149. The molecule has 1 aliphatic rings. The van der Waals surface area contributed by atoms with E-state index in [1.807, 2.05) is 37.4 Å². The number of hydrogen-bond acceptors (Lipinski definition) is 3. The standard InChI is InChI=1S/C16H17ClN2O/c1-19(15-9-12(17)6-7-14(15)18)10-13-8-11-4-2-3-5-16(11)20-13/h2-7,9,13H,8,10,18H2,1H3. The van der Waals surface area contributed by atoms with Gasteiger partial charge in [0.25, 0.3) is 0 Å². The van der Waals surface area contributed by atoms with E-state index in [-0.39, 0.29) is 6.10 Å². The number of hydrogen-bond donors (Lipinski definition) is 1. The maximum atomic E-state index is 6.04. The zero-order valence-corrected chi connectivity index (χ0v) is 12.1. The van der Waals surface area contributed by atoms with Crippen molar-refractivity contribution in [1.82, 2.24) is 0 Å². The van der Waals surface area contributed by atoms with E-state index in [1.54, 1.807) is 6.07 Å². The summed E-state index contributed by atoms with van der Waals surface area (Å²) < 4.78 is 5.95. The second-order valence-electron chi connectivity index (χ2n) is 5.14. The Morgan fingerprint density at radius 3 is 2.90 bits per heavy atom. The number of nitrogen functional groups attached to an aromatic ring is 1. The molecular formula is C16H17ClN2O. The zero-order valence-electron chi connectivity index (χ0n) is 11.3. The van der Waals surface area contributed by atoms with Gasteiger partial charge in [-0.2, -0.15) is 0 Å². The molecule has 20 heavy (non-hydrogen) atoms. The Morgan fingerprint density at radius 2 is 2.10 bits per heavy atom. The Kier molecular flexibility index (Phi) is 3.45. The van der Waals surface area contributed by atoms with Crippen molar-refractivity contribution in [3.63, 3.8) is 0 Å². The number of para-hydroxylation sites is 1. The number of rotatable bonds is 3. The summed E-state index contributed by atoms with van der Waals surface area (Å²) in [4.78, 5) is 2.09. The second-order valence-corrected chi connectivity index (χ2v) is 5.57. The predicted molar refractivity (Wildman–Crippen MR) is 83.7 cm³/mol. The van der Waals surface area contributed by atoms with E-state index in [4.69, 9.17) is 22.1 Å². The molecule has 1 heterocycles. The van der Waals surface area contributed by atoms with E-state index < -0.39 is 0 Å². The molecule has 3 nitrogen and oxygen atoms in total. The molecular weight excluding hydrogens is 272 g/mol. The molecule has 0 amide bonds. The molecule has 0 bridgehead atoms. The molecule has 2 aromatic rings. The van der Waals surface area contributed by atoms with E-state index in [1.165, 1.54) is 5.56 Å². The summed E-state index contributed by atoms with van der Waals surface area (Å²) in [6, 6.07) is 13.7. The molecule has 0 aromatic heterocycles. The first kappa shape index (κ1) is 13.1. The van der Waals surface area contributed by atoms with Gasteiger partial charge >= 0.3 is 0 Å². The maximum Gasteiger partial charge on any atom is 0.123 e. The molecule has 3 rings (SSSR count). The van der Waals surface area contributed by atoms with Crippen molar-refractivity contribution in [3.05, 3.63) is 53.1 Å². The summed E-state index contributed by atoms with van der Waals surface area (Å²) >= 11 is 6.04. The number of nitrogens with zero attached hydrogens (tertiary/aromatic N) is 1. The van der Waals surface area contributed by atoms with Crippen molar-refractivity contribution in [1.29, 1.82) is 0 Å². The molecule has 0 saturated heterocycles. The molecule has 2 aromatic carbocycles. The smallest absolute Gasteiger partial charge is 0.123 e. The van der Waals surface area contributed by atoms with Gasteiger partial charge in [0.15, 0.2) is 0 Å². The summed E-state index contributed by atoms with van der Waals surface area (Å²) in [6.45, 7) is 0.777. The van der Waals surface area contributed by atoms with Crippen LogP contribution in [0.15, 0.2) is 42.5 Å². The molecule has 0 fully saturated rings. The van der Waals surface area contributed by atoms with Crippen LogP contribution in [0.4, 0.5) is 11.4 Å². The molecule has 0 spiro atoms. The monoisotopic (exact) mass is 288 g/mol. The van der Waals surface area contributed by atoms with E-state index >= 15 is 0 Å². The Bertz CT molecular complexity index is 605. The van der Waals surface area contributed by atoms with Crippen LogP contribution < -0.4 is 15.4 Å². The first-order valence-electron chi connectivity index (χ1n) is 6.64. The number of nitrogens with two attached hydrogens (primary N) is 1. The van der Waals surface area contributed by atoms with Crippen LogP contribution >= 0.6 is 11.6 Å². The second kappa shape index (κ2) is 5.25. The first-order chi connectivity index (χ1) is 9.63. The molecule has 0 radical (unpaired) electrons. The van der Waals surface area contributed by atoms with Crippen molar-refractivity contribution >= 4 is 23.0 Å². The van der Waals surface area contributed by atoms with Gasteiger partial charge in [-0.1, -0.05) is 29.8 Å². The third-order valence-corrected chi connectivity index (χ3v) is 3.83. The lowest BCUT2D eigenvalue weighted by molar-refractivity contribution is 0.239. The Hall–Kier alpha value is -1.87. The normalized spacial score (nSPS) is 16.6. The molecule has 0 saturated carbocycles. The number of ether oxygens (including phenoxy) is 1. The Labute approximate surface area is 123 Å². The van der Waals surface area contributed by atoms with Crippen LogP contribution in [0.2, 0.25) is 5.02 Å². The lowest BCUT2D eigenvalue weighted by Gasteiger charge is -2.24. The Morgan fingerprint density at radius 1 is 1.30 bits per heavy atom. The predicted octanol–water partition coefficient (Wildman–Crippen LogP) is 3.36. The number of halogens is 1. The summed E-state index contributed by atoms with van der Waals surface area (Å²) in [5, 5.41) is 0.691. The van der Waals surface area contributed by atoms with Gasteiger partial charge in [0.05, 0.1) is 17.9 Å². The van der Waals surface area contributed by atoms with Crippen LogP contribution in [0.1, 0.15) is 5.56 Å². The quantitative estimate of drug-likeness (QED) is 0.880. The number of fused-ring (bicyclic) bond motifs is 1. The van der Waals surface area contributed by atoms with Crippen LogP contribution in [0, 0.1) is 0 Å². The van der Waals surface area contributed by atoms with Crippen LogP contribution in [0.3, 0.4) is 0 Å². The lowest BCUT2D eigenvalue weighted by Crippen LogP contribution is -2.32. The number of benzene rings is 2. The highest BCUT2D eigenvalue weighted by molar-refractivity contribution is 6.31. The number of likely N-dealkylation sites (N-methyl/N-ethyl adjacent to an activating group) is 1. The van der Waals surface area contributed by atoms with Gasteiger partial charge in [-0.3, -0.25) is 0 Å². The van der Waals surface area contributed by atoms with Gasteiger partial charge in [-0.15, -0.1) is 0 Å². The fraction of sp³-hybridized carbons (Fsp3) is 0.250. The van der Waals surface area contributed by atoms with Crippen molar-refractivity contribution in [3.8, 4) is 5.75 Å². The first-order valence-corrected chi connectivity index (χ1v) is 7.02. The average molecular weight is 289 g/mol. The van der Waals surface area contributed by atoms with Crippen molar-refractivity contribution in [2.45, 2.75) is 12.5 Å². The third-order valence-electron chi connectivity index (χ3n) is 3.60. The van der Waals surface area contributed by atoms with E-state index in [0.29, 0.717) is 5.02 Å². The van der Waals surface area contributed by atoms with Crippen LogP contribution in [0.5, 0.6) is 5.75 Å². The third kappa shape index (κ3) is 2.54. The van der Waals surface area contributed by atoms with Crippen LogP contribution in [-0.4, -0.2) is 19.7 Å². The highest BCUT2D eigenvalue weighted by Gasteiger charge is 2.24. The number of anilines is 2. The van der Waals surface area contributed by atoms with Gasteiger partial charge < -0.3 is 15.4 Å². The average Bonchev–Trinajstić information content (AvgIpc) is 2.83. The Balaban J connectivity index is 1.72. The van der Waals surface area contributed by atoms with Crippen LogP contribution in [0.25, 0.3) is 0 Å². The van der Waals surface area contributed by atoms with Gasteiger partial charge in [0.1, 0.15) is 11.9 Å². The largest absolute Gasteiger partial charge is 0.488 e. The molecule has 104 valence electrons. The van der Waals surface area contributed by atoms with Gasteiger partial charge in [-0.25, -0.2) is 0 Å². The zero-order chi connectivity index (χ0) is 14.1. The fourth-order valence-corrected chi connectivity index (χ4v) is 2.77. The van der Waals surface area contributed by atoms with E-state index in [9.17, 15) is 0 Å². The maximum absolute atomic E-state index is 6.04. The summed E-state index contributed by atoms with van der Waals surface area (Å²) in [6.07, 6.45) is 1.08.